The average molecular weight is 235 g/mol. The minimum Gasteiger partial charge on any atom is -0.478 e. The molecule has 5 nitrogen and oxygen atoms in total. The largest absolute Gasteiger partial charge is 0.478 e. The maximum Gasteiger partial charge on any atom is 0.335 e. The van der Waals surface area contributed by atoms with Gasteiger partial charge in [-0.15, -0.1) is 0 Å². The predicted molar refractivity (Wildman–Crippen MR) is 59.4 cm³/mol. The fraction of sp³-hybridized carbons (Fsp3) is 0.333. The Morgan fingerprint density at radius 1 is 1.35 bits per heavy atom. The molecule has 1 heterocycles. The van der Waals surface area contributed by atoms with Crippen molar-refractivity contribution in [1.82, 2.24) is 4.90 Å². The Balaban J connectivity index is 2.04. The number of β-amino-alcohol motifs (C(OH)–C–C–N with tert-alkyl or cyclic N) is 1. The van der Waals surface area contributed by atoms with Gasteiger partial charge in [0.1, 0.15) is 0 Å². The number of nitrogens with zero attached hydrogens (tertiary/aromatic N) is 1. The number of carbonyl (C=O) groups is 2. The first-order valence-electron chi connectivity index (χ1n) is 5.34. The molecule has 0 aromatic heterocycles. The molecule has 90 valence electrons. The van der Waals surface area contributed by atoms with Crippen LogP contribution in [0.4, 0.5) is 0 Å². The number of benzene rings is 1. The number of carboxylic acids is 1. The number of hydrogen-bond donors (Lipinski definition) is 2. The number of carbonyl (C=O) groups excluding carboxylic acids is 1. The summed E-state index contributed by atoms with van der Waals surface area (Å²) < 4.78 is 0. The molecule has 0 aliphatic carbocycles. The van der Waals surface area contributed by atoms with E-state index in [1.165, 1.54) is 12.1 Å². The molecule has 1 aliphatic heterocycles. The summed E-state index contributed by atoms with van der Waals surface area (Å²) in [5.74, 6) is -1.04. The molecule has 1 aliphatic rings. The minimum absolute atomic E-state index is 0.0696. The van der Waals surface area contributed by atoms with Crippen molar-refractivity contribution >= 4 is 11.9 Å². The van der Waals surface area contributed by atoms with Crippen molar-refractivity contribution in [1.29, 1.82) is 0 Å². The lowest BCUT2D eigenvalue weighted by Gasteiger charge is -2.15. The zero-order valence-electron chi connectivity index (χ0n) is 9.17. The van der Waals surface area contributed by atoms with Crippen molar-refractivity contribution in [3.05, 3.63) is 35.4 Å². The standard InChI is InChI=1S/C12H13NO4/c14-10-5-11(15)13(7-10)6-8-1-3-9(4-2-8)12(16)17/h1-4,10,14H,5-7H2,(H,16,17). The lowest BCUT2D eigenvalue weighted by Crippen LogP contribution is -2.25. The molecule has 2 rings (SSSR count). The molecule has 1 aromatic rings. The van der Waals surface area contributed by atoms with E-state index in [4.69, 9.17) is 5.11 Å². The lowest BCUT2D eigenvalue weighted by atomic mass is 10.1. The quantitative estimate of drug-likeness (QED) is 0.798. The van der Waals surface area contributed by atoms with Crippen molar-refractivity contribution in [2.45, 2.75) is 19.1 Å². The number of hydrogen-bond acceptors (Lipinski definition) is 3. The van der Waals surface area contributed by atoms with Crippen LogP contribution in [0.1, 0.15) is 22.3 Å². The summed E-state index contributed by atoms with van der Waals surface area (Å²) in [5, 5.41) is 18.1. The maximum atomic E-state index is 11.4. The van der Waals surface area contributed by atoms with E-state index in [2.05, 4.69) is 0 Å². The number of rotatable bonds is 3. The molecule has 1 saturated heterocycles. The Morgan fingerprint density at radius 2 is 2.00 bits per heavy atom. The SMILES string of the molecule is O=C(O)c1ccc(CN2CC(O)CC2=O)cc1. The molecule has 1 atom stereocenters. The monoisotopic (exact) mass is 235 g/mol. The Bertz CT molecular complexity index is 440. The van der Waals surface area contributed by atoms with Crippen LogP contribution >= 0.6 is 0 Å². The van der Waals surface area contributed by atoms with Crippen molar-refractivity contribution in [3.8, 4) is 0 Å². The molecule has 0 saturated carbocycles. The number of aliphatic hydroxyl groups is 1. The van der Waals surface area contributed by atoms with Crippen LogP contribution in [-0.2, 0) is 11.3 Å². The third kappa shape index (κ3) is 2.62. The van der Waals surface area contributed by atoms with Gasteiger partial charge in [0.2, 0.25) is 5.91 Å². The van der Waals surface area contributed by atoms with Crippen molar-refractivity contribution in [2.24, 2.45) is 0 Å². The zero-order valence-corrected chi connectivity index (χ0v) is 9.17. The van der Waals surface area contributed by atoms with Gasteiger partial charge in [-0.05, 0) is 17.7 Å². The van der Waals surface area contributed by atoms with E-state index in [0.717, 1.165) is 5.56 Å². The molecule has 5 heteroatoms. The molecule has 17 heavy (non-hydrogen) atoms. The summed E-state index contributed by atoms with van der Waals surface area (Å²) in [6, 6.07) is 6.38. The van der Waals surface area contributed by atoms with Crippen LogP contribution in [-0.4, -0.2) is 39.6 Å². The van der Waals surface area contributed by atoms with E-state index in [1.807, 2.05) is 0 Å². The molecular weight excluding hydrogens is 222 g/mol. The first-order valence-corrected chi connectivity index (χ1v) is 5.34. The third-order valence-corrected chi connectivity index (χ3v) is 2.77. The van der Waals surface area contributed by atoms with Gasteiger partial charge in [-0.1, -0.05) is 12.1 Å². The highest BCUT2D eigenvalue weighted by Gasteiger charge is 2.27. The molecule has 2 N–H and O–H groups in total. The van der Waals surface area contributed by atoms with Crippen molar-refractivity contribution in [2.75, 3.05) is 6.54 Å². The van der Waals surface area contributed by atoms with Gasteiger partial charge in [-0.3, -0.25) is 4.79 Å². The zero-order chi connectivity index (χ0) is 12.4. The number of aliphatic hydroxyl groups excluding tert-OH is 1. The molecule has 0 bridgehead atoms. The fourth-order valence-electron chi connectivity index (χ4n) is 1.88. The van der Waals surface area contributed by atoms with Crippen LogP contribution in [0.5, 0.6) is 0 Å². The minimum atomic E-state index is -0.968. The van der Waals surface area contributed by atoms with Gasteiger partial charge in [0, 0.05) is 13.1 Å². The maximum absolute atomic E-state index is 11.4. The van der Waals surface area contributed by atoms with E-state index >= 15 is 0 Å². The van der Waals surface area contributed by atoms with Crippen molar-refractivity contribution < 1.29 is 19.8 Å². The Labute approximate surface area is 98.3 Å². The van der Waals surface area contributed by atoms with E-state index in [0.29, 0.717) is 13.1 Å². The second-order valence-corrected chi connectivity index (χ2v) is 4.13. The van der Waals surface area contributed by atoms with Gasteiger partial charge in [0.05, 0.1) is 18.1 Å². The summed E-state index contributed by atoms with van der Waals surface area (Å²) in [6.07, 6.45) is -0.409. The van der Waals surface area contributed by atoms with Crippen LogP contribution in [0.3, 0.4) is 0 Å². The molecule has 0 radical (unpaired) electrons. The van der Waals surface area contributed by atoms with E-state index in [-0.39, 0.29) is 17.9 Å². The van der Waals surface area contributed by atoms with Crippen LogP contribution in [0, 0.1) is 0 Å². The van der Waals surface area contributed by atoms with Gasteiger partial charge in [-0.25, -0.2) is 4.79 Å². The summed E-state index contributed by atoms with van der Waals surface area (Å²) in [4.78, 5) is 23.7. The Hall–Kier alpha value is -1.88. The Morgan fingerprint density at radius 3 is 2.47 bits per heavy atom. The predicted octanol–water partition coefficient (Wildman–Crippen LogP) is 0.478. The van der Waals surface area contributed by atoms with Gasteiger partial charge >= 0.3 is 5.97 Å². The molecule has 0 spiro atoms. The van der Waals surface area contributed by atoms with Crippen LogP contribution in [0.2, 0.25) is 0 Å². The summed E-state index contributed by atoms with van der Waals surface area (Å²) in [5.41, 5.74) is 1.08. The highest BCUT2D eigenvalue weighted by molar-refractivity contribution is 5.87. The molecule has 1 unspecified atom stereocenters. The molecular formula is C12H13NO4. The van der Waals surface area contributed by atoms with E-state index in [9.17, 15) is 14.7 Å². The van der Waals surface area contributed by atoms with Gasteiger partial charge in [0.25, 0.3) is 0 Å². The number of aromatic carboxylic acids is 1. The molecule has 1 fully saturated rings. The second-order valence-electron chi connectivity index (χ2n) is 4.13. The Kier molecular flexibility index (Phi) is 3.10. The highest BCUT2D eigenvalue weighted by atomic mass is 16.4. The second kappa shape index (κ2) is 4.55. The summed E-state index contributed by atoms with van der Waals surface area (Å²) in [7, 11) is 0. The van der Waals surface area contributed by atoms with E-state index in [1.54, 1.807) is 17.0 Å². The summed E-state index contributed by atoms with van der Waals surface area (Å²) in [6.45, 7) is 0.759. The highest BCUT2D eigenvalue weighted by Crippen LogP contribution is 2.15. The van der Waals surface area contributed by atoms with Gasteiger partial charge in [-0.2, -0.15) is 0 Å². The van der Waals surface area contributed by atoms with Gasteiger partial charge < -0.3 is 15.1 Å². The first-order chi connectivity index (χ1) is 8.06. The number of likely N-dealkylation sites (tertiary alicyclic amines) is 1. The van der Waals surface area contributed by atoms with E-state index < -0.39 is 12.1 Å². The summed E-state index contributed by atoms with van der Waals surface area (Å²) >= 11 is 0. The number of amides is 1. The van der Waals surface area contributed by atoms with Gasteiger partial charge in [0.15, 0.2) is 0 Å². The fourth-order valence-corrected chi connectivity index (χ4v) is 1.88. The van der Waals surface area contributed by atoms with Crippen LogP contribution in [0.15, 0.2) is 24.3 Å². The topological polar surface area (TPSA) is 77.8 Å². The van der Waals surface area contributed by atoms with Crippen LogP contribution in [0.25, 0.3) is 0 Å². The normalized spacial score (nSPS) is 19.7. The lowest BCUT2D eigenvalue weighted by molar-refractivity contribution is -0.128. The molecule has 1 amide bonds. The van der Waals surface area contributed by atoms with Crippen LogP contribution < -0.4 is 0 Å². The first kappa shape index (κ1) is 11.6. The number of carboxylic acid groups (broad SMARTS) is 1. The van der Waals surface area contributed by atoms with Crippen molar-refractivity contribution in [3.63, 3.8) is 0 Å². The average Bonchev–Trinajstić information content (AvgIpc) is 2.58. The smallest absolute Gasteiger partial charge is 0.335 e. The third-order valence-electron chi connectivity index (χ3n) is 2.77. The molecule has 1 aromatic carbocycles.